The minimum absolute atomic E-state index is 0. The van der Waals surface area contributed by atoms with Crippen molar-refractivity contribution < 1.29 is 0 Å². The molecule has 0 fully saturated rings. The lowest BCUT2D eigenvalue weighted by Gasteiger charge is -2.09. The SMILES string of the molecule is CN=C(NCc1cn2c(C)cccc2n1)NCc1ccc(C)s1.I. The quantitative estimate of drug-likeness (QED) is 0.360. The average Bonchev–Trinajstić information content (AvgIpc) is 3.14. The van der Waals surface area contributed by atoms with E-state index in [1.54, 1.807) is 18.4 Å². The smallest absolute Gasteiger partial charge is 0.191 e. The van der Waals surface area contributed by atoms with Crippen molar-refractivity contribution in [2.24, 2.45) is 4.99 Å². The van der Waals surface area contributed by atoms with Crippen molar-refractivity contribution in [3.63, 3.8) is 0 Å². The molecule has 0 aliphatic carbocycles. The van der Waals surface area contributed by atoms with Crippen molar-refractivity contribution in [1.82, 2.24) is 20.0 Å². The molecule has 0 amide bonds. The van der Waals surface area contributed by atoms with E-state index in [0.717, 1.165) is 23.8 Å². The normalized spacial score (nSPS) is 11.4. The molecule has 0 aliphatic rings. The second-order valence-corrected chi connectivity index (χ2v) is 6.79. The van der Waals surface area contributed by atoms with Gasteiger partial charge in [0.2, 0.25) is 0 Å². The molecule has 0 spiro atoms. The Morgan fingerprint density at radius 3 is 2.62 bits per heavy atom. The second kappa shape index (κ2) is 8.48. The lowest BCUT2D eigenvalue weighted by Crippen LogP contribution is -2.36. The molecule has 7 heteroatoms. The van der Waals surface area contributed by atoms with E-state index in [0.29, 0.717) is 6.54 Å². The summed E-state index contributed by atoms with van der Waals surface area (Å²) >= 11 is 1.80. The van der Waals surface area contributed by atoms with Crippen LogP contribution in [0.1, 0.15) is 21.1 Å². The van der Waals surface area contributed by atoms with Crippen molar-refractivity contribution in [2.45, 2.75) is 26.9 Å². The van der Waals surface area contributed by atoms with Crippen LogP contribution in [0.25, 0.3) is 5.65 Å². The van der Waals surface area contributed by atoms with Crippen LogP contribution in [0.2, 0.25) is 0 Å². The highest BCUT2D eigenvalue weighted by molar-refractivity contribution is 14.0. The molecule has 0 radical (unpaired) electrons. The van der Waals surface area contributed by atoms with Crippen LogP contribution in [0.5, 0.6) is 0 Å². The van der Waals surface area contributed by atoms with Crippen LogP contribution < -0.4 is 10.6 Å². The molecule has 128 valence electrons. The maximum absolute atomic E-state index is 4.62. The fraction of sp³-hybridized carbons (Fsp3) is 0.294. The monoisotopic (exact) mass is 455 g/mol. The zero-order valence-electron chi connectivity index (χ0n) is 14.0. The van der Waals surface area contributed by atoms with Crippen molar-refractivity contribution in [1.29, 1.82) is 0 Å². The number of guanidine groups is 1. The Kier molecular flexibility index (Phi) is 6.61. The molecule has 3 aromatic rings. The Balaban J connectivity index is 0.00000208. The Hall–Kier alpha value is -1.61. The third-order valence-corrected chi connectivity index (χ3v) is 4.63. The number of halogens is 1. The minimum Gasteiger partial charge on any atom is -0.352 e. The zero-order valence-corrected chi connectivity index (χ0v) is 17.2. The van der Waals surface area contributed by atoms with Crippen LogP contribution in [0, 0.1) is 13.8 Å². The first-order valence-electron chi connectivity index (χ1n) is 7.59. The molecule has 0 saturated heterocycles. The van der Waals surface area contributed by atoms with E-state index in [4.69, 9.17) is 0 Å². The van der Waals surface area contributed by atoms with Crippen molar-refractivity contribution >= 4 is 46.9 Å². The fourth-order valence-electron chi connectivity index (χ4n) is 2.43. The minimum atomic E-state index is 0. The number of pyridine rings is 1. The highest BCUT2D eigenvalue weighted by atomic mass is 127. The van der Waals surface area contributed by atoms with Crippen LogP contribution >= 0.6 is 35.3 Å². The molecule has 0 bridgehead atoms. The average molecular weight is 455 g/mol. The van der Waals surface area contributed by atoms with Gasteiger partial charge in [0.15, 0.2) is 5.96 Å². The van der Waals surface area contributed by atoms with Gasteiger partial charge in [-0.25, -0.2) is 4.98 Å². The summed E-state index contributed by atoms with van der Waals surface area (Å²) in [6, 6.07) is 10.4. The van der Waals surface area contributed by atoms with Crippen LogP contribution in [0.4, 0.5) is 0 Å². The lowest BCUT2D eigenvalue weighted by atomic mass is 10.4. The highest BCUT2D eigenvalue weighted by Gasteiger charge is 2.05. The number of thiophene rings is 1. The van der Waals surface area contributed by atoms with Gasteiger partial charge in [-0.3, -0.25) is 4.99 Å². The molecular formula is C17H22IN5S. The summed E-state index contributed by atoms with van der Waals surface area (Å²) in [5, 5.41) is 6.64. The third-order valence-electron chi connectivity index (χ3n) is 3.63. The summed E-state index contributed by atoms with van der Waals surface area (Å²) in [7, 11) is 1.78. The number of hydrogen-bond acceptors (Lipinski definition) is 3. The molecule has 0 unspecified atom stereocenters. The Morgan fingerprint density at radius 1 is 1.17 bits per heavy atom. The zero-order chi connectivity index (χ0) is 16.2. The van der Waals surface area contributed by atoms with Gasteiger partial charge in [-0.1, -0.05) is 6.07 Å². The van der Waals surface area contributed by atoms with Gasteiger partial charge >= 0.3 is 0 Å². The maximum atomic E-state index is 4.62. The number of imidazole rings is 1. The summed E-state index contributed by atoms with van der Waals surface area (Å²) in [6.45, 7) is 5.62. The predicted octanol–water partition coefficient (Wildman–Crippen LogP) is 3.50. The van der Waals surface area contributed by atoms with E-state index in [1.165, 1.54) is 15.4 Å². The van der Waals surface area contributed by atoms with Crippen molar-refractivity contribution in [3.8, 4) is 0 Å². The molecule has 3 rings (SSSR count). The standard InChI is InChI=1S/C17H21N5S.HI/c1-12-5-4-6-16-21-14(11-22(12)16)9-19-17(18-3)20-10-15-8-7-13(2)23-15;/h4-8,11H,9-10H2,1-3H3,(H2,18,19,20);1H. The van der Waals surface area contributed by atoms with Gasteiger partial charge in [0.05, 0.1) is 18.8 Å². The molecule has 5 nitrogen and oxygen atoms in total. The number of hydrogen-bond donors (Lipinski definition) is 2. The molecule has 0 aromatic carbocycles. The van der Waals surface area contributed by atoms with Crippen LogP contribution in [-0.2, 0) is 13.1 Å². The Labute approximate surface area is 163 Å². The third kappa shape index (κ3) is 4.47. The predicted molar refractivity (Wildman–Crippen MR) is 111 cm³/mol. The van der Waals surface area contributed by atoms with Crippen molar-refractivity contribution in [3.05, 3.63) is 57.7 Å². The van der Waals surface area contributed by atoms with E-state index in [9.17, 15) is 0 Å². The summed E-state index contributed by atoms with van der Waals surface area (Å²) < 4.78 is 2.10. The Morgan fingerprint density at radius 2 is 1.96 bits per heavy atom. The molecule has 3 heterocycles. The number of rotatable bonds is 4. The van der Waals surface area contributed by atoms with Gasteiger partial charge in [0.25, 0.3) is 0 Å². The number of nitrogens with zero attached hydrogens (tertiary/aromatic N) is 3. The second-order valence-electron chi connectivity index (χ2n) is 5.42. The number of nitrogens with one attached hydrogen (secondary N) is 2. The molecule has 24 heavy (non-hydrogen) atoms. The summed E-state index contributed by atoms with van der Waals surface area (Å²) in [5.74, 6) is 0.782. The van der Waals surface area contributed by atoms with E-state index in [2.05, 4.69) is 63.3 Å². The first-order valence-corrected chi connectivity index (χ1v) is 8.41. The summed E-state index contributed by atoms with van der Waals surface area (Å²) in [4.78, 5) is 11.5. The van der Waals surface area contributed by atoms with Crippen LogP contribution in [0.3, 0.4) is 0 Å². The van der Waals surface area contributed by atoms with E-state index in [-0.39, 0.29) is 24.0 Å². The lowest BCUT2D eigenvalue weighted by molar-refractivity contribution is 0.803. The molecule has 0 aliphatic heterocycles. The van der Waals surface area contributed by atoms with E-state index in [1.807, 2.05) is 12.1 Å². The number of aryl methyl sites for hydroxylation is 2. The number of fused-ring (bicyclic) bond motifs is 1. The van der Waals surface area contributed by atoms with Gasteiger partial charge < -0.3 is 15.0 Å². The topological polar surface area (TPSA) is 53.7 Å². The molecule has 0 saturated carbocycles. The summed E-state index contributed by atoms with van der Waals surface area (Å²) in [5.41, 5.74) is 3.14. The maximum Gasteiger partial charge on any atom is 0.191 e. The largest absolute Gasteiger partial charge is 0.352 e. The highest BCUT2D eigenvalue weighted by Crippen LogP contribution is 2.14. The molecule has 2 N–H and O–H groups in total. The number of aliphatic imine (C=N–C) groups is 1. The first kappa shape index (κ1) is 18.7. The first-order chi connectivity index (χ1) is 11.2. The number of aromatic nitrogens is 2. The van der Waals surface area contributed by atoms with Gasteiger partial charge in [0, 0.05) is 28.7 Å². The van der Waals surface area contributed by atoms with Gasteiger partial charge in [-0.15, -0.1) is 35.3 Å². The van der Waals surface area contributed by atoms with E-state index < -0.39 is 0 Å². The molecular weight excluding hydrogens is 433 g/mol. The molecule has 3 aromatic heterocycles. The van der Waals surface area contributed by atoms with Gasteiger partial charge in [-0.05, 0) is 38.1 Å². The van der Waals surface area contributed by atoms with Crippen molar-refractivity contribution in [2.75, 3.05) is 7.05 Å². The fourth-order valence-corrected chi connectivity index (χ4v) is 3.26. The van der Waals surface area contributed by atoms with Crippen LogP contribution in [-0.4, -0.2) is 22.4 Å². The van der Waals surface area contributed by atoms with Gasteiger partial charge in [-0.2, -0.15) is 0 Å². The summed E-state index contributed by atoms with van der Waals surface area (Å²) in [6.07, 6.45) is 2.06. The Bertz CT molecular complexity index is 836. The van der Waals surface area contributed by atoms with Crippen LogP contribution in [0.15, 0.2) is 41.5 Å². The van der Waals surface area contributed by atoms with Gasteiger partial charge in [0.1, 0.15) is 5.65 Å². The van der Waals surface area contributed by atoms with E-state index >= 15 is 0 Å². The molecule has 0 atom stereocenters.